The Kier molecular flexibility index (Phi) is 5.15. The quantitative estimate of drug-likeness (QED) is 0.765. The van der Waals surface area contributed by atoms with Gasteiger partial charge in [0.1, 0.15) is 5.75 Å². The normalized spacial score (nSPS) is 13.8. The van der Waals surface area contributed by atoms with Crippen molar-refractivity contribution in [2.24, 2.45) is 0 Å². The summed E-state index contributed by atoms with van der Waals surface area (Å²) in [6, 6.07) is 12.0. The molecule has 5 heteroatoms. The predicted octanol–water partition coefficient (Wildman–Crippen LogP) is 5.31. The van der Waals surface area contributed by atoms with E-state index >= 15 is 0 Å². The lowest BCUT2D eigenvalue weighted by molar-refractivity contribution is 0.502. The average Bonchev–Trinajstić information content (AvgIpc) is 2.37. The maximum absolute atomic E-state index is 10.5. The van der Waals surface area contributed by atoms with Gasteiger partial charge in [-0.25, -0.2) is 0 Å². The second-order valence-corrected chi connectivity index (χ2v) is 11.1. The van der Waals surface area contributed by atoms with Crippen LogP contribution in [0.1, 0.15) is 22.3 Å². The predicted molar refractivity (Wildman–Crippen MR) is 94.8 cm³/mol. The molecule has 1 N–H and O–H groups in total. The summed E-state index contributed by atoms with van der Waals surface area (Å²) in [7, 11) is 0. The fourth-order valence-corrected chi connectivity index (χ4v) is 5.71. The molecule has 0 fully saturated rings. The maximum atomic E-state index is 10.5. The smallest absolute Gasteiger partial charge is 0.299 e. The van der Waals surface area contributed by atoms with Crippen LogP contribution in [0.15, 0.2) is 41.3 Å². The first-order chi connectivity index (χ1) is 9.77. The van der Waals surface area contributed by atoms with Gasteiger partial charge in [-0.2, -0.15) is 0 Å². The summed E-state index contributed by atoms with van der Waals surface area (Å²) in [5.41, 5.74) is 1.32. The number of aryl methyl sites for hydroxylation is 4. The van der Waals surface area contributed by atoms with Crippen molar-refractivity contribution < 1.29 is 9.42 Å². The SMILES string of the molecule is Cc1ccc(C)c(OP(O)(=S)Sc2cc(C)ccc2C)c1. The van der Waals surface area contributed by atoms with Gasteiger partial charge in [0, 0.05) is 4.90 Å². The van der Waals surface area contributed by atoms with Crippen LogP contribution in [0.2, 0.25) is 0 Å². The number of hydrogen-bond donors (Lipinski definition) is 1. The van der Waals surface area contributed by atoms with Gasteiger partial charge < -0.3 is 9.42 Å². The highest BCUT2D eigenvalue weighted by Gasteiger charge is 2.20. The summed E-state index contributed by atoms with van der Waals surface area (Å²) >= 11 is 6.58. The molecule has 0 saturated carbocycles. The second kappa shape index (κ2) is 6.53. The first kappa shape index (κ1) is 16.6. The highest BCUT2D eigenvalue weighted by molar-refractivity contribution is 8.67. The van der Waals surface area contributed by atoms with E-state index in [1.54, 1.807) is 0 Å². The van der Waals surface area contributed by atoms with Crippen LogP contribution in [-0.4, -0.2) is 4.89 Å². The molecule has 0 saturated heterocycles. The van der Waals surface area contributed by atoms with Gasteiger partial charge in [0.15, 0.2) is 0 Å². The molecular weight excluding hydrogens is 319 g/mol. The summed E-state index contributed by atoms with van der Waals surface area (Å²) in [4.78, 5) is 11.5. The van der Waals surface area contributed by atoms with Gasteiger partial charge in [-0.15, -0.1) is 0 Å². The molecule has 0 aliphatic heterocycles. The van der Waals surface area contributed by atoms with E-state index in [0.717, 1.165) is 27.1 Å². The summed E-state index contributed by atoms with van der Waals surface area (Å²) in [6.45, 7) is 7.97. The third kappa shape index (κ3) is 4.58. The molecule has 2 aromatic rings. The van der Waals surface area contributed by atoms with Crippen LogP contribution in [0.5, 0.6) is 5.75 Å². The zero-order valence-electron chi connectivity index (χ0n) is 12.6. The third-order valence-electron chi connectivity index (χ3n) is 3.11. The van der Waals surface area contributed by atoms with Crippen molar-refractivity contribution in [1.82, 2.24) is 0 Å². The zero-order valence-corrected chi connectivity index (χ0v) is 15.1. The van der Waals surface area contributed by atoms with Crippen molar-refractivity contribution >= 4 is 28.9 Å². The summed E-state index contributed by atoms with van der Waals surface area (Å²) in [5.74, 6) is 0.665. The molecule has 0 amide bonds. The lowest BCUT2D eigenvalue weighted by atomic mass is 10.1. The van der Waals surface area contributed by atoms with E-state index in [1.165, 1.54) is 11.4 Å². The molecular formula is C16H19O2PS2. The molecule has 2 rings (SSSR count). The van der Waals surface area contributed by atoms with Gasteiger partial charge in [0.25, 0.3) is 5.69 Å². The van der Waals surface area contributed by atoms with E-state index in [1.807, 2.05) is 64.1 Å². The Morgan fingerprint density at radius 3 is 2.19 bits per heavy atom. The van der Waals surface area contributed by atoms with Crippen LogP contribution >= 0.6 is 17.1 Å². The molecule has 0 aliphatic rings. The monoisotopic (exact) mass is 338 g/mol. The fourth-order valence-electron chi connectivity index (χ4n) is 1.88. The Morgan fingerprint density at radius 1 is 0.952 bits per heavy atom. The first-order valence-corrected chi connectivity index (χ1v) is 10.7. The van der Waals surface area contributed by atoms with Crippen molar-refractivity contribution in [2.45, 2.75) is 32.6 Å². The fraction of sp³-hybridized carbons (Fsp3) is 0.250. The zero-order chi connectivity index (χ0) is 15.6. The first-order valence-electron chi connectivity index (χ1n) is 6.63. The number of hydrogen-bond acceptors (Lipinski definition) is 3. The number of benzene rings is 2. The van der Waals surface area contributed by atoms with Gasteiger partial charge in [0.2, 0.25) is 0 Å². The summed E-state index contributed by atoms with van der Waals surface area (Å²) in [5, 5.41) is 0. The van der Waals surface area contributed by atoms with Crippen LogP contribution in [0.4, 0.5) is 0 Å². The molecule has 0 heterocycles. The molecule has 0 bridgehead atoms. The maximum Gasteiger partial charge on any atom is 0.299 e. The molecule has 0 radical (unpaired) electrons. The highest BCUT2D eigenvalue weighted by atomic mass is 32.9. The van der Waals surface area contributed by atoms with Crippen LogP contribution in [0.25, 0.3) is 0 Å². The van der Waals surface area contributed by atoms with E-state index in [2.05, 4.69) is 0 Å². The molecule has 21 heavy (non-hydrogen) atoms. The molecule has 0 aromatic heterocycles. The minimum absolute atomic E-state index is 0.665. The molecule has 2 nitrogen and oxygen atoms in total. The summed E-state index contributed by atoms with van der Waals surface area (Å²) in [6.07, 6.45) is 0. The van der Waals surface area contributed by atoms with Gasteiger partial charge in [-0.05, 0) is 85.3 Å². The Hall–Kier alpha value is -0.800. The minimum Gasteiger partial charge on any atom is -0.436 e. The molecule has 1 atom stereocenters. The van der Waals surface area contributed by atoms with Crippen LogP contribution in [0, 0.1) is 27.7 Å². The minimum atomic E-state index is -2.98. The van der Waals surface area contributed by atoms with Crippen molar-refractivity contribution in [3.8, 4) is 5.75 Å². The summed E-state index contributed by atoms with van der Waals surface area (Å²) < 4.78 is 5.76. The highest BCUT2D eigenvalue weighted by Crippen LogP contribution is 2.60. The molecule has 112 valence electrons. The van der Waals surface area contributed by atoms with E-state index in [9.17, 15) is 4.89 Å². The lowest BCUT2D eigenvalue weighted by Crippen LogP contribution is -1.92. The average molecular weight is 338 g/mol. The third-order valence-corrected chi connectivity index (χ3v) is 6.81. The Bertz CT molecular complexity index is 656. The topological polar surface area (TPSA) is 29.5 Å². The standard InChI is InChI=1S/C16H19O2PS2/c1-11-5-7-13(3)15(9-11)18-19(17,20)21-16-10-12(2)6-8-14(16)4/h5-10H,1-4H3,(H,17,20). The second-order valence-electron chi connectivity index (χ2n) is 5.19. The van der Waals surface area contributed by atoms with Crippen molar-refractivity contribution in [1.29, 1.82) is 0 Å². The van der Waals surface area contributed by atoms with E-state index < -0.39 is 5.69 Å². The largest absolute Gasteiger partial charge is 0.436 e. The van der Waals surface area contributed by atoms with Gasteiger partial charge in [-0.1, -0.05) is 24.3 Å². The van der Waals surface area contributed by atoms with E-state index in [4.69, 9.17) is 16.3 Å². The van der Waals surface area contributed by atoms with Gasteiger partial charge in [0.05, 0.1) is 0 Å². The van der Waals surface area contributed by atoms with Crippen molar-refractivity contribution in [3.05, 3.63) is 58.7 Å². The molecule has 1 unspecified atom stereocenters. The Balaban J connectivity index is 2.24. The molecule has 0 spiro atoms. The van der Waals surface area contributed by atoms with Crippen molar-refractivity contribution in [2.75, 3.05) is 0 Å². The van der Waals surface area contributed by atoms with Gasteiger partial charge >= 0.3 is 0 Å². The number of rotatable bonds is 4. The van der Waals surface area contributed by atoms with E-state index in [-0.39, 0.29) is 0 Å². The van der Waals surface area contributed by atoms with Crippen LogP contribution < -0.4 is 4.52 Å². The molecule has 2 aromatic carbocycles. The van der Waals surface area contributed by atoms with E-state index in [0.29, 0.717) is 5.75 Å². The molecule has 0 aliphatic carbocycles. The van der Waals surface area contributed by atoms with Crippen molar-refractivity contribution in [3.63, 3.8) is 0 Å². The van der Waals surface area contributed by atoms with Gasteiger partial charge in [-0.3, -0.25) is 0 Å². The lowest BCUT2D eigenvalue weighted by Gasteiger charge is -2.19. The van der Waals surface area contributed by atoms with Crippen LogP contribution in [-0.2, 0) is 11.8 Å². The van der Waals surface area contributed by atoms with Crippen LogP contribution in [0.3, 0.4) is 0 Å². The Morgan fingerprint density at radius 2 is 1.52 bits per heavy atom. The Labute approximate surface area is 135 Å².